The Morgan fingerprint density at radius 1 is 1.11 bits per heavy atom. The summed E-state index contributed by atoms with van der Waals surface area (Å²) in [4.78, 5) is 23.6. The summed E-state index contributed by atoms with van der Waals surface area (Å²) in [6.45, 7) is 0. The summed E-state index contributed by atoms with van der Waals surface area (Å²) >= 11 is 9.62. The lowest BCUT2D eigenvalue weighted by Crippen LogP contribution is -2.14. The second kappa shape index (κ2) is 7.90. The molecule has 0 saturated heterocycles. The first kappa shape index (κ1) is 19.1. The van der Waals surface area contributed by atoms with Crippen molar-refractivity contribution in [2.45, 2.75) is 0 Å². The third-order valence-corrected chi connectivity index (χ3v) is 5.02. The first-order chi connectivity index (χ1) is 12.9. The lowest BCUT2D eigenvalue weighted by Gasteiger charge is -2.09. The van der Waals surface area contributed by atoms with Gasteiger partial charge in [0.05, 0.1) is 11.3 Å². The Hall–Kier alpha value is -2.70. The molecule has 0 bridgehead atoms. The number of carboxylic acid groups (broad SMARTS) is 1. The first-order valence-corrected chi connectivity index (χ1v) is 8.92. The Balaban J connectivity index is 1.90. The molecule has 0 fully saturated rings. The molecule has 3 aromatic carbocycles. The summed E-state index contributed by atoms with van der Waals surface area (Å²) in [5, 5.41) is 13.4. The number of amides is 1. The fourth-order valence-corrected chi connectivity index (χ4v) is 3.32. The molecule has 1 amide bonds. The molecular weight excluding hydrogens is 437 g/mol. The van der Waals surface area contributed by atoms with Gasteiger partial charge in [0.15, 0.2) is 0 Å². The number of carbonyl (C=O) groups is 2. The number of nitrogens with one attached hydrogen (secondary N) is 1. The minimum Gasteiger partial charge on any atom is -0.478 e. The zero-order valence-corrected chi connectivity index (χ0v) is 16.0. The second-order valence-electron chi connectivity index (χ2n) is 5.63. The van der Waals surface area contributed by atoms with Crippen molar-refractivity contribution in [3.63, 3.8) is 0 Å². The van der Waals surface area contributed by atoms with E-state index >= 15 is 0 Å². The third-order valence-electron chi connectivity index (χ3n) is 3.85. The fraction of sp³-hybridized carbons (Fsp3) is 0. The molecule has 136 valence electrons. The van der Waals surface area contributed by atoms with Crippen LogP contribution in [0.25, 0.3) is 16.8 Å². The molecule has 0 spiro atoms. The van der Waals surface area contributed by atoms with Crippen LogP contribution in [-0.2, 0) is 4.79 Å². The molecular formula is C20H12BrClFNO3. The van der Waals surface area contributed by atoms with Crippen molar-refractivity contribution < 1.29 is 19.1 Å². The highest BCUT2D eigenvalue weighted by molar-refractivity contribution is 9.10. The zero-order chi connectivity index (χ0) is 19.6. The van der Waals surface area contributed by atoms with Crippen LogP contribution in [0.4, 0.5) is 10.1 Å². The molecule has 0 aliphatic rings. The van der Waals surface area contributed by atoms with Crippen LogP contribution in [0.3, 0.4) is 0 Å². The van der Waals surface area contributed by atoms with Crippen LogP contribution < -0.4 is 5.32 Å². The molecule has 7 heteroatoms. The monoisotopic (exact) mass is 447 g/mol. The van der Waals surface area contributed by atoms with Crippen molar-refractivity contribution in [3.05, 3.63) is 81.0 Å². The van der Waals surface area contributed by atoms with Crippen LogP contribution >= 0.6 is 27.5 Å². The molecule has 3 aromatic rings. The van der Waals surface area contributed by atoms with Crippen LogP contribution in [0.1, 0.15) is 15.9 Å². The van der Waals surface area contributed by atoms with Crippen LogP contribution in [0.5, 0.6) is 0 Å². The van der Waals surface area contributed by atoms with Gasteiger partial charge >= 0.3 is 5.97 Å². The van der Waals surface area contributed by atoms with Crippen molar-refractivity contribution in [1.29, 1.82) is 0 Å². The highest BCUT2D eigenvalue weighted by atomic mass is 79.9. The maximum atomic E-state index is 13.2. The van der Waals surface area contributed by atoms with Gasteiger partial charge in [-0.3, -0.25) is 4.79 Å². The molecule has 4 nitrogen and oxygen atoms in total. The number of hydrogen-bond acceptors (Lipinski definition) is 2. The molecule has 0 heterocycles. The van der Waals surface area contributed by atoms with Crippen molar-refractivity contribution in [3.8, 4) is 0 Å². The topological polar surface area (TPSA) is 66.4 Å². The molecule has 0 aliphatic carbocycles. The van der Waals surface area contributed by atoms with Gasteiger partial charge in [-0.15, -0.1) is 0 Å². The number of halogens is 3. The fourth-order valence-electron chi connectivity index (χ4n) is 2.55. The summed E-state index contributed by atoms with van der Waals surface area (Å²) in [6, 6.07) is 14.5. The van der Waals surface area contributed by atoms with E-state index in [0.29, 0.717) is 5.56 Å². The van der Waals surface area contributed by atoms with Gasteiger partial charge in [-0.05, 0) is 56.5 Å². The maximum Gasteiger partial charge on any atom is 0.337 e. The Kier molecular flexibility index (Phi) is 5.58. The summed E-state index contributed by atoms with van der Waals surface area (Å²) in [6.07, 6.45) is 1.47. The number of benzene rings is 3. The molecule has 0 saturated carbocycles. The van der Waals surface area contributed by atoms with E-state index in [-0.39, 0.29) is 16.3 Å². The quantitative estimate of drug-likeness (QED) is 0.506. The Bertz CT molecular complexity index is 1100. The largest absolute Gasteiger partial charge is 0.478 e. The smallest absolute Gasteiger partial charge is 0.337 e. The van der Waals surface area contributed by atoms with Crippen LogP contribution in [0, 0.1) is 5.82 Å². The van der Waals surface area contributed by atoms with Crippen molar-refractivity contribution >= 4 is 61.9 Å². The van der Waals surface area contributed by atoms with E-state index in [0.717, 1.165) is 27.4 Å². The van der Waals surface area contributed by atoms with Crippen LogP contribution in [-0.4, -0.2) is 17.0 Å². The summed E-state index contributed by atoms with van der Waals surface area (Å²) < 4.78 is 14.0. The second-order valence-corrected chi connectivity index (χ2v) is 6.83. The summed E-state index contributed by atoms with van der Waals surface area (Å²) in [7, 11) is 0. The van der Waals surface area contributed by atoms with Crippen LogP contribution in [0.2, 0.25) is 0 Å². The SMILES string of the molecule is O=C(Nc1ccc(F)cc1C(=O)O)/C(Cl)=C/c1ccc2ccccc2c1Br. The minimum absolute atomic E-state index is 0.0435. The lowest BCUT2D eigenvalue weighted by atomic mass is 10.1. The standard InChI is InChI=1S/C20H12BrClFNO3/c21-18-12(6-5-11-3-1-2-4-14(11)18)9-16(22)19(25)24-17-8-7-13(23)10-15(17)20(26)27/h1-10H,(H,24,25)(H,26,27)/b16-9-. The van der Waals surface area contributed by atoms with Gasteiger partial charge in [0, 0.05) is 4.47 Å². The van der Waals surface area contributed by atoms with E-state index < -0.39 is 17.7 Å². The molecule has 0 aromatic heterocycles. The summed E-state index contributed by atoms with van der Waals surface area (Å²) in [5.74, 6) is -2.78. The lowest BCUT2D eigenvalue weighted by molar-refractivity contribution is -0.112. The molecule has 27 heavy (non-hydrogen) atoms. The highest BCUT2D eigenvalue weighted by Crippen LogP contribution is 2.30. The number of anilines is 1. The first-order valence-electron chi connectivity index (χ1n) is 7.75. The number of fused-ring (bicyclic) bond motifs is 1. The predicted molar refractivity (Wildman–Crippen MR) is 107 cm³/mol. The normalized spacial score (nSPS) is 11.4. The number of carbonyl (C=O) groups excluding carboxylic acids is 1. The van der Waals surface area contributed by atoms with Crippen molar-refractivity contribution in [2.75, 3.05) is 5.32 Å². The van der Waals surface area contributed by atoms with Gasteiger partial charge in [0.25, 0.3) is 5.91 Å². The Morgan fingerprint density at radius 3 is 2.59 bits per heavy atom. The number of rotatable bonds is 4. The average molecular weight is 449 g/mol. The molecule has 3 rings (SSSR count). The highest BCUT2D eigenvalue weighted by Gasteiger charge is 2.16. The molecule has 0 aliphatic heterocycles. The zero-order valence-electron chi connectivity index (χ0n) is 13.7. The van der Waals surface area contributed by atoms with Gasteiger partial charge in [0.1, 0.15) is 10.8 Å². The Labute approximate surface area is 167 Å². The van der Waals surface area contributed by atoms with Gasteiger partial charge in [-0.25, -0.2) is 9.18 Å². The van der Waals surface area contributed by atoms with Crippen molar-refractivity contribution in [1.82, 2.24) is 0 Å². The van der Waals surface area contributed by atoms with E-state index in [1.54, 1.807) is 0 Å². The number of aromatic carboxylic acids is 1. The number of carboxylic acids is 1. The molecule has 0 unspecified atom stereocenters. The summed E-state index contributed by atoms with van der Waals surface area (Å²) in [5.41, 5.74) is 0.282. The van der Waals surface area contributed by atoms with Gasteiger partial charge in [-0.1, -0.05) is 48.0 Å². The van der Waals surface area contributed by atoms with E-state index in [1.807, 2.05) is 36.4 Å². The van der Waals surface area contributed by atoms with E-state index in [9.17, 15) is 14.0 Å². The van der Waals surface area contributed by atoms with Gasteiger partial charge < -0.3 is 10.4 Å². The minimum atomic E-state index is -1.36. The molecule has 2 N–H and O–H groups in total. The maximum absolute atomic E-state index is 13.2. The van der Waals surface area contributed by atoms with Crippen LogP contribution in [0.15, 0.2) is 64.1 Å². The van der Waals surface area contributed by atoms with Crippen molar-refractivity contribution in [2.24, 2.45) is 0 Å². The van der Waals surface area contributed by atoms with E-state index in [2.05, 4.69) is 21.2 Å². The molecule has 0 atom stereocenters. The third kappa shape index (κ3) is 4.18. The molecule has 0 radical (unpaired) electrons. The predicted octanol–water partition coefficient (Wildman–Crippen LogP) is 5.66. The van der Waals surface area contributed by atoms with E-state index in [4.69, 9.17) is 16.7 Å². The average Bonchev–Trinajstić information content (AvgIpc) is 2.65. The van der Waals surface area contributed by atoms with Gasteiger partial charge in [0.2, 0.25) is 0 Å². The van der Waals surface area contributed by atoms with Gasteiger partial charge in [-0.2, -0.15) is 0 Å². The number of hydrogen-bond donors (Lipinski definition) is 2. The Morgan fingerprint density at radius 2 is 1.85 bits per heavy atom. The van der Waals surface area contributed by atoms with E-state index in [1.165, 1.54) is 12.1 Å².